The predicted molar refractivity (Wildman–Crippen MR) is 106 cm³/mol. The second kappa shape index (κ2) is 7.92. The van der Waals surface area contributed by atoms with Crippen molar-refractivity contribution in [3.8, 4) is 17.0 Å². The van der Waals surface area contributed by atoms with Gasteiger partial charge in [-0.15, -0.1) is 5.10 Å². The van der Waals surface area contributed by atoms with E-state index in [1.165, 1.54) is 5.39 Å². The molecule has 1 N–H and O–H groups in total. The topological polar surface area (TPSA) is 77.1 Å². The lowest BCUT2D eigenvalue weighted by atomic mass is 10.1. The lowest BCUT2D eigenvalue weighted by molar-refractivity contribution is 0.0520. The number of rotatable bonds is 6. The molecule has 28 heavy (non-hydrogen) atoms. The van der Waals surface area contributed by atoms with Crippen molar-refractivity contribution in [1.29, 1.82) is 0 Å². The Labute approximate surface area is 162 Å². The third-order valence-electron chi connectivity index (χ3n) is 4.37. The summed E-state index contributed by atoms with van der Waals surface area (Å²) in [6.07, 6.45) is 0. The molecule has 0 atom stereocenters. The Hall–Kier alpha value is -3.67. The smallest absolute Gasteiger partial charge is 0.361 e. The number of hydrogen-bond acceptors (Lipinski definition) is 5. The maximum absolute atomic E-state index is 12.1. The number of esters is 1. The first-order chi connectivity index (χ1) is 13.8. The van der Waals surface area contributed by atoms with E-state index in [9.17, 15) is 4.79 Å². The lowest BCUT2D eigenvalue weighted by Gasteiger charge is -2.11. The molecule has 0 aliphatic heterocycles. The van der Waals surface area contributed by atoms with E-state index in [4.69, 9.17) is 9.47 Å². The third kappa shape index (κ3) is 3.57. The molecule has 3 aromatic carbocycles. The van der Waals surface area contributed by atoms with Gasteiger partial charge in [-0.1, -0.05) is 48.5 Å². The van der Waals surface area contributed by atoms with Crippen molar-refractivity contribution >= 4 is 16.7 Å². The van der Waals surface area contributed by atoms with Crippen molar-refractivity contribution in [2.75, 3.05) is 6.61 Å². The van der Waals surface area contributed by atoms with Crippen LogP contribution < -0.4 is 4.74 Å². The van der Waals surface area contributed by atoms with E-state index in [2.05, 4.69) is 39.7 Å². The minimum absolute atomic E-state index is 0.142. The zero-order valence-electron chi connectivity index (χ0n) is 15.4. The number of para-hydroxylation sites is 1. The SMILES string of the molecule is CCOC(=O)c1n[nH]nc1-c1ccccc1OCc1ccc2ccccc2c1. The molecule has 0 radical (unpaired) electrons. The molecule has 6 heteroatoms. The number of carbonyl (C=O) groups excluding carboxylic acids is 1. The number of carbonyl (C=O) groups is 1. The molecule has 0 fully saturated rings. The average Bonchev–Trinajstić information content (AvgIpc) is 3.22. The predicted octanol–water partition coefficient (Wildman–Crippen LogP) is 4.38. The van der Waals surface area contributed by atoms with Crippen molar-refractivity contribution in [3.63, 3.8) is 0 Å². The zero-order chi connectivity index (χ0) is 19.3. The summed E-state index contributed by atoms with van der Waals surface area (Å²) in [5, 5.41) is 12.9. The zero-order valence-corrected chi connectivity index (χ0v) is 15.4. The molecule has 140 valence electrons. The summed E-state index contributed by atoms with van der Waals surface area (Å²) in [5.74, 6) is 0.102. The first-order valence-electron chi connectivity index (χ1n) is 9.04. The molecule has 0 spiro atoms. The van der Waals surface area contributed by atoms with Crippen molar-refractivity contribution in [2.24, 2.45) is 0 Å². The number of fused-ring (bicyclic) bond motifs is 1. The van der Waals surface area contributed by atoms with Crippen LogP contribution in [0, 0.1) is 0 Å². The first kappa shape index (κ1) is 17.7. The fraction of sp³-hybridized carbons (Fsp3) is 0.136. The summed E-state index contributed by atoms with van der Waals surface area (Å²) < 4.78 is 11.1. The Morgan fingerprint density at radius 1 is 0.964 bits per heavy atom. The van der Waals surface area contributed by atoms with Crippen LogP contribution in [0.5, 0.6) is 5.75 Å². The number of aromatic nitrogens is 3. The molecule has 4 aromatic rings. The molecule has 0 aliphatic carbocycles. The maximum atomic E-state index is 12.1. The Kier molecular flexibility index (Phi) is 5.01. The lowest BCUT2D eigenvalue weighted by Crippen LogP contribution is -2.07. The number of ether oxygens (including phenoxy) is 2. The van der Waals surface area contributed by atoms with Crippen LogP contribution in [0.2, 0.25) is 0 Å². The van der Waals surface area contributed by atoms with E-state index >= 15 is 0 Å². The molecule has 1 heterocycles. The Morgan fingerprint density at radius 3 is 2.61 bits per heavy atom. The second-order valence-electron chi connectivity index (χ2n) is 6.21. The molecule has 1 aromatic heterocycles. The highest BCUT2D eigenvalue weighted by atomic mass is 16.5. The standard InChI is InChI=1S/C22H19N3O3/c1-2-27-22(26)21-20(23-25-24-21)18-9-5-6-10-19(18)28-14-15-11-12-16-7-3-4-8-17(16)13-15/h3-13H,2,14H2,1H3,(H,23,24,25). The molecule has 0 amide bonds. The summed E-state index contributed by atoms with van der Waals surface area (Å²) in [4.78, 5) is 12.1. The van der Waals surface area contributed by atoms with Crippen LogP contribution in [0.25, 0.3) is 22.0 Å². The van der Waals surface area contributed by atoms with Crippen molar-refractivity contribution < 1.29 is 14.3 Å². The van der Waals surface area contributed by atoms with E-state index in [1.54, 1.807) is 6.92 Å². The van der Waals surface area contributed by atoms with Crippen LogP contribution in [0.1, 0.15) is 23.0 Å². The van der Waals surface area contributed by atoms with Crippen molar-refractivity contribution in [2.45, 2.75) is 13.5 Å². The van der Waals surface area contributed by atoms with Crippen molar-refractivity contribution in [1.82, 2.24) is 15.4 Å². The monoisotopic (exact) mass is 373 g/mol. The summed E-state index contributed by atoms with van der Waals surface area (Å²) in [6, 6.07) is 21.9. The Bertz CT molecular complexity index is 1120. The van der Waals surface area contributed by atoms with E-state index < -0.39 is 5.97 Å². The van der Waals surface area contributed by atoms with Gasteiger partial charge in [0.2, 0.25) is 0 Å². The molecule has 4 rings (SSSR count). The van der Waals surface area contributed by atoms with E-state index in [0.29, 0.717) is 23.6 Å². The molecule has 0 unspecified atom stereocenters. The fourth-order valence-electron chi connectivity index (χ4n) is 3.04. The molecular weight excluding hydrogens is 354 g/mol. The van der Waals surface area contributed by atoms with Gasteiger partial charge in [0.25, 0.3) is 0 Å². The quantitative estimate of drug-likeness (QED) is 0.508. The van der Waals surface area contributed by atoms with Crippen LogP contribution in [0.3, 0.4) is 0 Å². The van der Waals surface area contributed by atoms with Gasteiger partial charge in [-0.3, -0.25) is 0 Å². The van der Waals surface area contributed by atoms with Gasteiger partial charge in [0.15, 0.2) is 5.69 Å². The molecule has 0 saturated heterocycles. The normalized spacial score (nSPS) is 10.8. The number of nitrogens with zero attached hydrogens (tertiary/aromatic N) is 2. The summed E-state index contributed by atoms with van der Waals surface area (Å²) in [5.41, 5.74) is 2.29. The van der Waals surface area contributed by atoms with E-state index in [1.807, 2.05) is 42.5 Å². The van der Waals surface area contributed by atoms with Gasteiger partial charge in [0, 0.05) is 5.56 Å². The fourth-order valence-corrected chi connectivity index (χ4v) is 3.04. The van der Waals surface area contributed by atoms with Gasteiger partial charge >= 0.3 is 5.97 Å². The number of benzene rings is 3. The van der Waals surface area contributed by atoms with Crippen molar-refractivity contribution in [3.05, 3.63) is 78.0 Å². The van der Waals surface area contributed by atoms with Gasteiger partial charge in [-0.25, -0.2) is 4.79 Å². The average molecular weight is 373 g/mol. The van der Waals surface area contributed by atoms with Gasteiger partial charge < -0.3 is 9.47 Å². The molecular formula is C22H19N3O3. The van der Waals surface area contributed by atoms with E-state index in [0.717, 1.165) is 10.9 Å². The number of hydrogen-bond donors (Lipinski definition) is 1. The Morgan fingerprint density at radius 2 is 1.75 bits per heavy atom. The molecule has 6 nitrogen and oxygen atoms in total. The largest absolute Gasteiger partial charge is 0.488 e. The van der Waals surface area contributed by atoms with Crippen LogP contribution in [0.4, 0.5) is 0 Å². The minimum atomic E-state index is -0.518. The van der Waals surface area contributed by atoms with Gasteiger partial charge in [-0.2, -0.15) is 10.3 Å². The van der Waals surface area contributed by atoms with Gasteiger partial charge in [-0.05, 0) is 41.5 Å². The van der Waals surface area contributed by atoms with Gasteiger partial charge in [0.1, 0.15) is 18.1 Å². The summed E-state index contributed by atoms with van der Waals surface area (Å²) in [6.45, 7) is 2.41. The van der Waals surface area contributed by atoms with Crippen LogP contribution in [-0.4, -0.2) is 28.0 Å². The highest BCUT2D eigenvalue weighted by molar-refractivity contribution is 5.94. The summed E-state index contributed by atoms with van der Waals surface area (Å²) in [7, 11) is 0. The highest BCUT2D eigenvalue weighted by Crippen LogP contribution is 2.31. The molecule has 0 aliphatic rings. The van der Waals surface area contributed by atoms with Crippen LogP contribution in [-0.2, 0) is 11.3 Å². The molecule has 0 saturated carbocycles. The number of H-pyrrole nitrogens is 1. The van der Waals surface area contributed by atoms with Crippen LogP contribution >= 0.6 is 0 Å². The number of nitrogens with one attached hydrogen (secondary N) is 1. The maximum Gasteiger partial charge on any atom is 0.361 e. The highest BCUT2D eigenvalue weighted by Gasteiger charge is 2.21. The van der Waals surface area contributed by atoms with Crippen LogP contribution in [0.15, 0.2) is 66.7 Å². The first-order valence-corrected chi connectivity index (χ1v) is 9.04. The molecule has 0 bridgehead atoms. The minimum Gasteiger partial charge on any atom is -0.488 e. The third-order valence-corrected chi connectivity index (χ3v) is 4.37. The van der Waals surface area contributed by atoms with Gasteiger partial charge in [0.05, 0.1) is 6.61 Å². The second-order valence-corrected chi connectivity index (χ2v) is 6.21. The van der Waals surface area contributed by atoms with E-state index in [-0.39, 0.29) is 12.3 Å². The Balaban J connectivity index is 1.60. The summed E-state index contributed by atoms with van der Waals surface area (Å²) >= 11 is 0. The number of aromatic amines is 1.